The standard InChI is InChI=1S/C22H25BrFN3O3/c23-18-13-16(1-3-19(18)24)14-22(28)25-20-4-2-17(26-5-9-29-10-6-26)15-21(20)27-7-11-30-12-8-27/h1-4,13,15H,5-12,14H2,(H,25,28). The van der Waals surface area contributed by atoms with E-state index in [1.807, 2.05) is 12.1 Å². The van der Waals surface area contributed by atoms with Crippen molar-refractivity contribution < 1.29 is 18.7 Å². The predicted molar refractivity (Wildman–Crippen MR) is 119 cm³/mol. The van der Waals surface area contributed by atoms with E-state index < -0.39 is 0 Å². The van der Waals surface area contributed by atoms with Gasteiger partial charge in [-0.2, -0.15) is 0 Å². The monoisotopic (exact) mass is 477 g/mol. The van der Waals surface area contributed by atoms with Crippen LogP contribution in [0, 0.1) is 5.82 Å². The molecular weight excluding hydrogens is 453 g/mol. The summed E-state index contributed by atoms with van der Waals surface area (Å²) in [6.07, 6.45) is 0.173. The highest BCUT2D eigenvalue weighted by atomic mass is 79.9. The number of hydrogen-bond acceptors (Lipinski definition) is 5. The maximum absolute atomic E-state index is 13.5. The van der Waals surface area contributed by atoms with Crippen LogP contribution in [0.5, 0.6) is 0 Å². The van der Waals surface area contributed by atoms with Crippen molar-refractivity contribution in [1.29, 1.82) is 0 Å². The zero-order chi connectivity index (χ0) is 20.9. The van der Waals surface area contributed by atoms with E-state index in [0.29, 0.717) is 17.7 Å². The summed E-state index contributed by atoms with van der Waals surface area (Å²) < 4.78 is 24.8. The molecule has 0 saturated carbocycles. The van der Waals surface area contributed by atoms with Gasteiger partial charge in [-0.05, 0) is 51.8 Å². The SMILES string of the molecule is O=C(Cc1ccc(F)c(Br)c1)Nc1ccc(N2CCOCC2)cc1N1CCOCC1. The van der Waals surface area contributed by atoms with E-state index >= 15 is 0 Å². The Morgan fingerprint density at radius 1 is 0.967 bits per heavy atom. The van der Waals surface area contributed by atoms with Crippen molar-refractivity contribution >= 4 is 38.9 Å². The molecule has 2 saturated heterocycles. The third kappa shape index (κ3) is 5.11. The molecule has 8 heteroatoms. The fraction of sp³-hybridized carbons (Fsp3) is 0.409. The molecule has 0 unspecified atom stereocenters. The zero-order valence-corrected chi connectivity index (χ0v) is 18.3. The first-order chi connectivity index (χ1) is 14.6. The van der Waals surface area contributed by atoms with Crippen LogP contribution in [0.2, 0.25) is 0 Å². The van der Waals surface area contributed by atoms with Gasteiger partial charge in [0.15, 0.2) is 0 Å². The van der Waals surface area contributed by atoms with Crippen LogP contribution in [0.3, 0.4) is 0 Å². The highest BCUT2D eigenvalue weighted by Crippen LogP contribution is 2.32. The third-order valence-electron chi connectivity index (χ3n) is 5.33. The summed E-state index contributed by atoms with van der Waals surface area (Å²) in [5.74, 6) is -0.477. The van der Waals surface area contributed by atoms with Gasteiger partial charge >= 0.3 is 0 Å². The molecule has 2 aromatic carbocycles. The summed E-state index contributed by atoms with van der Waals surface area (Å²) in [6.45, 7) is 6.04. The Labute approximate surface area is 184 Å². The molecule has 2 heterocycles. The second kappa shape index (κ2) is 9.76. The van der Waals surface area contributed by atoms with Gasteiger partial charge in [-0.3, -0.25) is 4.79 Å². The van der Waals surface area contributed by atoms with Crippen LogP contribution >= 0.6 is 15.9 Å². The van der Waals surface area contributed by atoms with Crippen LogP contribution in [0.15, 0.2) is 40.9 Å². The largest absolute Gasteiger partial charge is 0.378 e. The first-order valence-corrected chi connectivity index (χ1v) is 10.9. The number of nitrogens with zero attached hydrogens (tertiary/aromatic N) is 2. The average molecular weight is 478 g/mol. The summed E-state index contributed by atoms with van der Waals surface area (Å²) >= 11 is 3.17. The number of ether oxygens (including phenoxy) is 2. The van der Waals surface area contributed by atoms with Gasteiger partial charge in [0.1, 0.15) is 5.82 Å². The number of anilines is 3. The van der Waals surface area contributed by atoms with E-state index in [9.17, 15) is 9.18 Å². The number of rotatable bonds is 5. The summed E-state index contributed by atoms with van der Waals surface area (Å²) in [5, 5.41) is 3.05. The second-order valence-electron chi connectivity index (χ2n) is 7.37. The zero-order valence-electron chi connectivity index (χ0n) is 16.7. The Morgan fingerprint density at radius 3 is 2.30 bits per heavy atom. The number of halogens is 2. The molecule has 2 aromatic rings. The average Bonchev–Trinajstić information content (AvgIpc) is 2.78. The Kier molecular flexibility index (Phi) is 6.86. The second-order valence-corrected chi connectivity index (χ2v) is 8.23. The van der Waals surface area contributed by atoms with Crippen molar-refractivity contribution in [2.24, 2.45) is 0 Å². The highest BCUT2D eigenvalue weighted by molar-refractivity contribution is 9.10. The van der Waals surface area contributed by atoms with E-state index in [2.05, 4.69) is 37.1 Å². The molecule has 0 bridgehead atoms. The molecule has 0 atom stereocenters. The predicted octanol–water partition coefficient (Wildman–Crippen LogP) is 3.44. The summed E-state index contributed by atoms with van der Waals surface area (Å²) in [4.78, 5) is 17.3. The molecule has 0 spiro atoms. The lowest BCUT2D eigenvalue weighted by molar-refractivity contribution is -0.115. The molecule has 160 valence electrons. The molecule has 2 aliphatic heterocycles. The minimum absolute atomic E-state index is 0.137. The van der Waals surface area contributed by atoms with Gasteiger partial charge in [0, 0.05) is 31.9 Å². The fourth-order valence-corrected chi connectivity index (χ4v) is 4.17. The molecule has 0 aliphatic carbocycles. The van der Waals surface area contributed by atoms with Crippen molar-refractivity contribution in [3.8, 4) is 0 Å². The summed E-state index contributed by atoms with van der Waals surface area (Å²) in [5.41, 5.74) is 3.65. The van der Waals surface area contributed by atoms with Gasteiger partial charge in [0.2, 0.25) is 5.91 Å². The molecule has 0 aromatic heterocycles. The summed E-state index contributed by atoms with van der Waals surface area (Å²) in [6, 6.07) is 10.8. The van der Waals surface area contributed by atoms with Gasteiger partial charge in [-0.15, -0.1) is 0 Å². The normalized spacial score (nSPS) is 17.1. The molecule has 6 nitrogen and oxygen atoms in total. The Morgan fingerprint density at radius 2 is 1.63 bits per heavy atom. The van der Waals surface area contributed by atoms with Gasteiger partial charge in [-0.25, -0.2) is 4.39 Å². The smallest absolute Gasteiger partial charge is 0.228 e. The van der Waals surface area contributed by atoms with Crippen molar-refractivity contribution in [2.75, 3.05) is 67.7 Å². The molecule has 4 rings (SSSR count). The van der Waals surface area contributed by atoms with Crippen LogP contribution in [0.1, 0.15) is 5.56 Å². The minimum atomic E-state index is -0.340. The maximum atomic E-state index is 13.5. The van der Waals surface area contributed by atoms with Crippen LogP contribution in [0.25, 0.3) is 0 Å². The van der Waals surface area contributed by atoms with Crippen molar-refractivity contribution in [3.63, 3.8) is 0 Å². The lowest BCUT2D eigenvalue weighted by Gasteiger charge is -2.33. The first kappa shape index (κ1) is 21.1. The van der Waals surface area contributed by atoms with Gasteiger partial charge < -0.3 is 24.6 Å². The van der Waals surface area contributed by atoms with Crippen LogP contribution in [-0.4, -0.2) is 58.5 Å². The van der Waals surface area contributed by atoms with Crippen LogP contribution in [-0.2, 0) is 20.7 Å². The number of hydrogen-bond donors (Lipinski definition) is 1. The van der Waals surface area contributed by atoms with E-state index in [0.717, 1.165) is 62.0 Å². The van der Waals surface area contributed by atoms with Crippen molar-refractivity contribution in [3.05, 3.63) is 52.3 Å². The number of benzene rings is 2. The lowest BCUT2D eigenvalue weighted by atomic mass is 10.1. The van der Waals surface area contributed by atoms with E-state index in [4.69, 9.17) is 9.47 Å². The molecule has 1 amide bonds. The van der Waals surface area contributed by atoms with Crippen molar-refractivity contribution in [2.45, 2.75) is 6.42 Å². The number of nitrogens with one attached hydrogen (secondary N) is 1. The molecule has 2 aliphatic rings. The number of carbonyl (C=O) groups is 1. The minimum Gasteiger partial charge on any atom is -0.378 e. The highest BCUT2D eigenvalue weighted by Gasteiger charge is 2.19. The molecule has 0 radical (unpaired) electrons. The van der Waals surface area contributed by atoms with Gasteiger partial charge in [0.05, 0.1) is 48.7 Å². The van der Waals surface area contributed by atoms with E-state index in [-0.39, 0.29) is 18.1 Å². The Balaban J connectivity index is 1.54. The number of morpholine rings is 2. The lowest BCUT2D eigenvalue weighted by Crippen LogP contribution is -2.38. The number of amides is 1. The third-order valence-corrected chi connectivity index (χ3v) is 5.94. The molecule has 1 N–H and O–H groups in total. The maximum Gasteiger partial charge on any atom is 0.228 e. The number of carbonyl (C=O) groups excluding carboxylic acids is 1. The molecular formula is C22H25BrFN3O3. The molecule has 30 heavy (non-hydrogen) atoms. The topological polar surface area (TPSA) is 54.0 Å². The van der Waals surface area contributed by atoms with Crippen LogP contribution < -0.4 is 15.1 Å². The Bertz CT molecular complexity index is 899. The van der Waals surface area contributed by atoms with Crippen molar-refractivity contribution in [1.82, 2.24) is 0 Å². The van der Waals surface area contributed by atoms with Gasteiger partial charge in [0.25, 0.3) is 0 Å². The molecule has 2 fully saturated rings. The fourth-order valence-electron chi connectivity index (χ4n) is 3.74. The van der Waals surface area contributed by atoms with E-state index in [1.165, 1.54) is 6.07 Å². The Hall–Kier alpha value is -2.16. The van der Waals surface area contributed by atoms with Crippen LogP contribution in [0.4, 0.5) is 21.5 Å². The van der Waals surface area contributed by atoms with Gasteiger partial charge in [-0.1, -0.05) is 6.07 Å². The summed E-state index contributed by atoms with van der Waals surface area (Å²) in [7, 11) is 0. The first-order valence-electron chi connectivity index (χ1n) is 10.1. The quantitative estimate of drug-likeness (QED) is 0.714. The van der Waals surface area contributed by atoms with E-state index in [1.54, 1.807) is 12.1 Å².